The third-order valence-electron chi connectivity index (χ3n) is 5.73. The number of hydrogen-bond acceptors (Lipinski definition) is 6. The second kappa shape index (κ2) is 7.87. The van der Waals surface area contributed by atoms with Gasteiger partial charge in [-0.25, -0.2) is 13.2 Å². The number of carbonyl (C=O) groups is 3. The van der Waals surface area contributed by atoms with E-state index in [1.807, 2.05) is 20.8 Å². The topological polar surface area (TPSA) is 133 Å². The molecule has 0 atom stereocenters. The van der Waals surface area contributed by atoms with E-state index in [2.05, 4.69) is 10.6 Å². The van der Waals surface area contributed by atoms with Gasteiger partial charge in [0.15, 0.2) is 9.84 Å². The highest BCUT2D eigenvalue weighted by molar-refractivity contribution is 7.90. The van der Waals surface area contributed by atoms with Gasteiger partial charge < -0.3 is 10.4 Å². The molecule has 0 unspecified atom stereocenters. The lowest BCUT2D eigenvalue weighted by atomic mass is 9.84. The van der Waals surface area contributed by atoms with Crippen LogP contribution in [0.15, 0.2) is 30.3 Å². The summed E-state index contributed by atoms with van der Waals surface area (Å²) in [5.74, 6) is -1.28. The highest BCUT2D eigenvalue weighted by Gasteiger charge is 2.30. The molecule has 4 amide bonds. The van der Waals surface area contributed by atoms with Gasteiger partial charge in [-0.3, -0.25) is 19.8 Å². The molecular weight excluding hydrogens is 446 g/mol. The molecule has 2 heterocycles. The number of amides is 4. The summed E-state index contributed by atoms with van der Waals surface area (Å²) in [4.78, 5) is 38.4. The molecule has 33 heavy (non-hydrogen) atoms. The first-order valence-corrected chi connectivity index (χ1v) is 12.3. The first-order chi connectivity index (χ1) is 15.3. The van der Waals surface area contributed by atoms with Gasteiger partial charge in [0, 0.05) is 29.9 Å². The predicted molar refractivity (Wildman–Crippen MR) is 123 cm³/mol. The van der Waals surface area contributed by atoms with Crippen molar-refractivity contribution in [2.45, 2.75) is 44.1 Å². The van der Waals surface area contributed by atoms with Crippen molar-refractivity contribution in [3.8, 4) is 5.75 Å². The van der Waals surface area contributed by atoms with E-state index in [1.165, 1.54) is 11.0 Å². The lowest BCUT2D eigenvalue weighted by Gasteiger charge is -2.29. The molecule has 2 aromatic carbocycles. The van der Waals surface area contributed by atoms with Gasteiger partial charge in [-0.15, -0.1) is 0 Å². The van der Waals surface area contributed by atoms with Crippen LogP contribution in [0.4, 0.5) is 16.2 Å². The van der Waals surface area contributed by atoms with E-state index < -0.39 is 27.2 Å². The van der Waals surface area contributed by atoms with E-state index in [0.29, 0.717) is 28.1 Å². The average Bonchev–Trinajstić information content (AvgIpc) is 3.00. The number of fused-ring (bicyclic) bond motifs is 1. The Kier molecular flexibility index (Phi) is 5.44. The molecule has 9 nitrogen and oxygen atoms in total. The number of phenols is 1. The normalized spacial score (nSPS) is 17.5. The van der Waals surface area contributed by atoms with Crippen LogP contribution in [0.3, 0.4) is 0 Å². The number of aromatic hydroxyl groups is 1. The number of phenolic OH excluding ortho intramolecular Hbond substituents is 1. The van der Waals surface area contributed by atoms with Gasteiger partial charge in [0.1, 0.15) is 5.75 Å². The van der Waals surface area contributed by atoms with Crippen LogP contribution in [0, 0.1) is 0 Å². The van der Waals surface area contributed by atoms with Gasteiger partial charge in [0.2, 0.25) is 5.91 Å². The van der Waals surface area contributed by atoms with Crippen LogP contribution in [0.1, 0.15) is 54.2 Å². The Morgan fingerprint density at radius 2 is 1.79 bits per heavy atom. The quantitative estimate of drug-likeness (QED) is 0.631. The summed E-state index contributed by atoms with van der Waals surface area (Å²) in [7, 11) is -3.18. The Bertz CT molecular complexity index is 1290. The van der Waals surface area contributed by atoms with Gasteiger partial charge >= 0.3 is 6.03 Å². The number of nitrogens with zero attached hydrogens (tertiary/aromatic N) is 1. The lowest BCUT2D eigenvalue weighted by Crippen LogP contribution is -2.49. The van der Waals surface area contributed by atoms with Crippen LogP contribution >= 0.6 is 0 Å². The van der Waals surface area contributed by atoms with E-state index in [0.717, 1.165) is 0 Å². The third-order valence-corrected chi connectivity index (χ3v) is 7.23. The molecule has 4 rings (SSSR count). The zero-order valence-electron chi connectivity index (χ0n) is 18.6. The number of anilines is 2. The number of benzene rings is 2. The van der Waals surface area contributed by atoms with E-state index in [1.54, 1.807) is 24.3 Å². The van der Waals surface area contributed by atoms with Crippen LogP contribution in [0.25, 0.3) is 0 Å². The van der Waals surface area contributed by atoms with Gasteiger partial charge in [-0.1, -0.05) is 26.8 Å². The summed E-state index contributed by atoms with van der Waals surface area (Å²) < 4.78 is 23.7. The zero-order valence-corrected chi connectivity index (χ0v) is 19.4. The molecule has 174 valence electrons. The summed E-state index contributed by atoms with van der Waals surface area (Å²) in [5.41, 5.74) is 2.02. The summed E-state index contributed by atoms with van der Waals surface area (Å²) in [6.07, 6.45) is 0.122. The zero-order chi connectivity index (χ0) is 24.1. The second-order valence-electron chi connectivity index (χ2n) is 9.36. The van der Waals surface area contributed by atoms with Crippen LogP contribution in [0.5, 0.6) is 5.75 Å². The maximum absolute atomic E-state index is 13.1. The van der Waals surface area contributed by atoms with Crippen LogP contribution in [0.2, 0.25) is 0 Å². The van der Waals surface area contributed by atoms with Crippen molar-refractivity contribution >= 4 is 39.1 Å². The maximum Gasteiger partial charge on any atom is 0.328 e. The van der Waals surface area contributed by atoms with Crippen LogP contribution < -0.4 is 15.5 Å². The SMILES string of the molecule is CC(C)(C)c1cc(N2CCC(=O)NC2=O)cc(C(=O)Nc2ccc3c(c2)CS(=O)(=O)C3)c1O. The molecule has 1 saturated heterocycles. The number of imide groups is 1. The Morgan fingerprint density at radius 1 is 1.09 bits per heavy atom. The summed E-state index contributed by atoms with van der Waals surface area (Å²) in [6.45, 7) is 5.76. The molecule has 2 aromatic rings. The first kappa shape index (κ1) is 22.8. The Labute approximate surface area is 191 Å². The minimum Gasteiger partial charge on any atom is -0.507 e. The van der Waals surface area contributed by atoms with E-state index in [4.69, 9.17) is 0 Å². The molecule has 0 aromatic heterocycles. The van der Waals surface area contributed by atoms with E-state index in [-0.39, 0.29) is 41.7 Å². The van der Waals surface area contributed by atoms with Crippen LogP contribution in [-0.2, 0) is 31.6 Å². The monoisotopic (exact) mass is 471 g/mol. The standard InChI is InChI=1S/C23H25N3O6S/c1-23(2,3)18-10-16(26-7-6-19(27)25-22(26)30)9-17(20(18)28)21(29)24-15-5-4-13-11-33(31,32)12-14(13)8-15/h4-5,8-10,28H,6-7,11-12H2,1-3H3,(H,24,29)(H,25,27,30). The third kappa shape index (κ3) is 4.56. The van der Waals surface area contributed by atoms with Crippen LogP contribution in [-0.4, -0.2) is 37.9 Å². The highest BCUT2D eigenvalue weighted by Crippen LogP contribution is 2.38. The number of rotatable bonds is 3. The van der Waals surface area contributed by atoms with Crippen molar-refractivity contribution in [2.24, 2.45) is 0 Å². The highest BCUT2D eigenvalue weighted by atomic mass is 32.2. The summed E-state index contributed by atoms with van der Waals surface area (Å²) >= 11 is 0. The Morgan fingerprint density at radius 3 is 2.45 bits per heavy atom. The molecule has 1 fully saturated rings. The summed E-state index contributed by atoms with van der Waals surface area (Å²) in [6, 6.07) is 7.36. The minimum atomic E-state index is -3.18. The molecule has 2 aliphatic heterocycles. The predicted octanol–water partition coefficient (Wildman–Crippen LogP) is 2.82. The maximum atomic E-state index is 13.1. The van der Waals surface area contributed by atoms with Crippen molar-refractivity contribution in [1.82, 2.24) is 5.32 Å². The molecule has 0 radical (unpaired) electrons. The molecule has 10 heteroatoms. The Balaban J connectivity index is 1.70. The molecule has 0 spiro atoms. The van der Waals surface area contributed by atoms with Crippen molar-refractivity contribution < 1.29 is 27.9 Å². The van der Waals surface area contributed by atoms with Gasteiger partial charge in [0.25, 0.3) is 5.91 Å². The minimum absolute atomic E-state index is 0.0191. The van der Waals surface area contributed by atoms with E-state index in [9.17, 15) is 27.9 Å². The van der Waals surface area contributed by atoms with Crippen molar-refractivity contribution in [3.63, 3.8) is 0 Å². The lowest BCUT2D eigenvalue weighted by molar-refractivity contribution is -0.120. The molecule has 0 saturated carbocycles. The molecular formula is C23H25N3O6S. The largest absolute Gasteiger partial charge is 0.507 e. The van der Waals surface area contributed by atoms with Gasteiger partial charge in [-0.05, 0) is 40.8 Å². The molecule has 2 aliphatic rings. The van der Waals surface area contributed by atoms with Crippen molar-refractivity contribution in [3.05, 3.63) is 52.6 Å². The van der Waals surface area contributed by atoms with Gasteiger partial charge in [0.05, 0.1) is 17.1 Å². The fourth-order valence-electron chi connectivity index (χ4n) is 4.03. The number of sulfone groups is 1. The average molecular weight is 472 g/mol. The smallest absolute Gasteiger partial charge is 0.328 e. The fraction of sp³-hybridized carbons (Fsp3) is 0.348. The number of carbonyl (C=O) groups excluding carboxylic acids is 3. The first-order valence-electron chi connectivity index (χ1n) is 10.5. The fourth-order valence-corrected chi connectivity index (χ4v) is 5.63. The van der Waals surface area contributed by atoms with Crippen molar-refractivity contribution in [1.29, 1.82) is 0 Å². The number of hydrogen-bond donors (Lipinski definition) is 3. The van der Waals surface area contributed by atoms with Crippen molar-refractivity contribution in [2.75, 3.05) is 16.8 Å². The molecule has 0 aliphatic carbocycles. The Hall–Kier alpha value is -3.40. The van der Waals surface area contributed by atoms with Gasteiger partial charge in [-0.2, -0.15) is 0 Å². The molecule has 3 N–H and O–H groups in total. The second-order valence-corrected chi connectivity index (χ2v) is 11.4. The number of nitrogens with one attached hydrogen (secondary N) is 2. The number of urea groups is 1. The molecule has 0 bridgehead atoms. The summed E-state index contributed by atoms with van der Waals surface area (Å²) in [5, 5.41) is 15.9. The van der Waals surface area contributed by atoms with E-state index >= 15 is 0 Å².